The van der Waals surface area contributed by atoms with Crippen LogP contribution in [-0.2, 0) is 0 Å². The molecule has 18 heavy (non-hydrogen) atoms. The van der Waals surface area contributed by atoms with E-state index < -0.39 is 0 Å². The summed E-state index contributed by atoms with van der Waals surface area (Å²) < 4.78 is 2.80. The van der Waals surface area contributed by atoms with Gasteiger partial charge in [0, 0.05) is 5.56 Å². The SMILES string of the molecule is O=Cc1nc(-c2ccccc2)n2c(Br)cccc12. The Balaban J connectivity index is 2.40. The van der Waals surface area contributed by atoms with E-state index in [2.05, 4.69) is 20.9 Å². The Morgan fingerprint density at radius 2 is 1.83 bits per heavy atom. The van der Waals surface area contributed by atoms with Crippen molar-refractivity contribution in [3.05, 3.63) is 58.8 Å². The normalized spacial score (nSPS) is 10.7. The number of benzene rings is 1. The Labute approximate surface area is 112 Å². The summed E-state index contributed by atoms with van der Waals surface area (Å²) in [5.41, 5.74) is 2.24. The zero-order valence-corrected chi connectivity index (χ0v) is 11.0. The van der Waals surface area contributed by atoms with Crippen molar-refractivity contribution in [3.8, 4) is 11.4 Å². The highest BCUT2D eigenvalue weighted by atomic mass is 79.9. The van der Waals surface area contributed by atoms with E-state index in [0.29, 0.717) is 5.69 Å². The number of fused-ring (bicyclic) bond motifs is 1. The summed E-state index contributed by atoms with van der Waals surface area (Å²) in [6, 6.07) is 15.5. The molecule has 2 heterocycles. The zero-order chi connectivity index (χ0) is 12.5. The van der Waals surface area contributed by atoms with Gasteiger partial charge in [0.15, 0.2) is 6.29 Å². The van der Waals surface area contributed by atoms with Gasteiger partial charge in [0.05, 0.1) is 10.1 Å². The highest BCUT2D eigenvalue weighted by Gasteiger charge is 2.13. The maximum atomic E-state index is 11.1. The molecular formula is C14H9BrN2O. The molecule has 3 rings (SSSR count). The summed E-state index contributed by atoms with van der Waals surface area (Å²) >= 11 is 3.49. The predicted octanol–water partition coefficient (Wildman–Crippen LogP) is 3.58. The number of aldehydes is 1. The molecule has 3 aromatic rings. The molecule has 0 atom stereocenters. The summed E-state index contributed by atoms with van der Waals surface area (Å²) in [7, 11) is 0. The van der Waals surface area contributed by atoms with E-state index in [1.165, 1.54) is 0 Å². The number of aromatic nitrogens is 2. The highest BCUT2D eigenvalue weighted by molar-refractivity contribution is 9.10. The fourth-order valence-corrected chi connectivity index (χ4v) is 2.50. The quantitative estimate of drug-likeness (QED) is 0.535. The second-order valence-corrected chi connectivity index (χ2v) is 4.69. The molecular weight excluding hydrogens is 292 g/mol. The van der Waals surface area contributed by atoms with Gasteiger partial charge in [0.1, 0.15) is 11.5 Å². The predicted molar refractivity (Wildman–Crippen MR) is 73.7 cm³/mol. The first-order chi connectivity index (χ1) is 8.81. The van der Waals surface area contributed by atoms with Crippen molar-refractivity contribution >= 4 is 27.7 Å². The molecule has 0 saturated carbocycles. The van der Waals surface area contributed by atoms with Crippen LogP contribution in [0.2, 0.25) is 0 Å². The van der Waals surface area contributed by atoms with Gasteiger partial charge in [-0.2, -0.15) is 0 Å². The van der Waals surface area contributed by atoms with E-state index in [1.807, 2.05) is 52.9 Å². The molecule has 2 aromatic heterocycles. The first kappa shape index (κ1) is 11.2. The van der Waals surface area contributed by atoms with Gasteiger partial charge in [-0.3, -0.25) is 9.20 Å². The van der Waals surface area contributed by atoms with Crippen LogP contribution >= 0.6 is 15.9 Å². The lowest BCUT2D eigenvalue weighted by molar-refractivity contribution is 0.112. The fraction of sp³-hybridized carbons (Fsp3) is 0. The molecule has 0 unspecified atom stereocenters. The summed E-state index contributed by atoms with van der Waals surface area (Å²) in [5.74, 6) is 0.764. The number of hydrogen-bond donors (Lipinski definition) is 0. The van der Waals surface area contributed by atoms with Gasteiger partial charge in [-0.1, -0.05) is 36.4 Å². The van der Waals surface area contributed by atoms with E-state index >= 15 is 0 Å². The lowest BCUT2D eigenvalue weighted by Gasteiger charge is -2.03. The van der Waals surface area contributed by atoms with Crippen LogP contribution in [0.3, 0.4) is 0 Å². The number of halogens is 1. The Morgan fingerprint density at radius 3 is 2.56 bits per heavy atom. The average Bonchev–Trinajstić information content (AvgIpc) is 2.80. The zero-order valence-electron chi connectivity index (χ0n) is 9.38. The Morgan fingerprint density at radius 1 is 1.06 bits per heavy atom. The van der Waals surface area contributed by atoms with Gasteiger partial charge >= 0.3 is 0 Å². The van der Waals surface area contributed by atoms with Crippen molar-refractivity contribution in [1.29, 1.82) is 0 Å². The largest absolute Gasteiger partial charge is 0.296 e. The topological polar surface area (TPSA) is 34.4 Å². The highest BCUT2D eigenvalue weighted by Crippen LogP contribution is 2.25. The Kier molecular flexibility index (Phi) is 2.72. The van der Waals surface area contributed by atoms with Crippen molar-refractivity contribution in [2.45, 2.75) is 0 Å². The minimum Gasteiger partial charge on any atom is -0.296 e. The standard InChI is InChI=1S/C14H9BrN2O/c15-13-8-4-7-12-11(9-18)16-14(17(12)13)10-5-2-1-3-6-10/h1-9H. The van der Waals surface area contributed by atoms with Crippen LogP contribution in [0.4, 0.5) is 0 Å². The smallest absolute Gasteiger partial charge is 0.170 e. The van der Waals surface area contributed by atoms with Crippen LogP contribution in [0.1, 0.15) is 10.5 Å². The van der Waals surface area contributed by atoms with E-state index in [0.717, 1.165) is 27.8 Å². The molecule has 0 fully saturated rings. The molecule has 0 aliphatic carbocycles. The molecule has 0 N–H and O–H groups in total. The van der Waals surface area contributed by atoms with E-state index in [-0.39, 0.29) is 0 Å². The third-order valence-electron chi connectivity index (χ3n) is 2.79. The molecule has 3 nitrogen and oxygen atoms in total. The number of carbonyl (C=O) groups is 1. The van der Waals surface area contributed by atoms with Crippen LogP contribution in [0, 0.1) is 0 Å². The Hall–Kier alpha value is -1.94. The number of nitrogens with zero attached hydrogens (tertiary/aromatic N) is 2. The number of carbonyl (C=O) groups excluding carboxylic acids is 1. The van der Waals surface area contributed by atoms with Crippen LogP contribution < -0.4 is 0 Å². The van der Waals surface area contributed by atoms with Crippen molar-refractivity contribution in [2.24, 2.45) is 0 Å². The average molecular weight is 301 g/mol. The van der Waals surface area contributed by atoms with E-state index in [1.54, 1.807) is 0 Å². The molecule has 0 bridgehead atoms. The van der Waals surface area contributed by atoms with Crippen molar-refractivity contribution in [1.82, 2.24) is 9.38 Å². The molecule has 88 valence electrons. The summed E-state index contributed by atoms with van der Waals surface area (Å²) in [4.78, 5) is 15.5. The minimum atomic E-state index is 0.454. The first-order valence-electron chi connectivity index (χ1n) is 5.49. The van der Waals surface area contributed by atoms with E-state index in [4.69, 9.17) is 0 Å². The van der Waals surface area contributed by atoms with Gasteiger partial charge in [-0.15, -0.1) is 0 Å². The molecule has 1 aromatic carbocycles. The molecule has 0 spiro atoms. The van der Waals surface area contributed by atoms with Gasteiger partial charge in [-0.05, 0) is 28.1 Å². The van der Waals surface area contributed by atoms with Gasteiger partial charge in [0.25, 0.3) is 0 Å². The summed E-state index contributed by atoms with van der Waals surface area (Å²) in [6.07, 6.45) is 0.786. The fourth-order valence-electron chi connectivity index (χ4n) is 1.99. The molecule has 0 radical (unpaired) electrons. The monoisotopic (exact) mass is 300 g/mol. The number of hydrogen-bond acceptors (Lipinski definition) is 2. The second kappa shape index (κ2) is 4.38. The first-order valence-corrected chi connectivity index (χ1v) is 6.28. The third-order valence-corrected chi connectivity index (χ3v) is 3.41. The molecule has 4 heteroatoms. The minimum absolute atomic E-state index is 0.454. The Bertz CT molecular complexity index is 719. The number of pyridine rings is 1. The number of rotatable bonds is 2. The number of imidazole rings is 1. The van der Waals surface area contributed by atoms with Crippen LogP contribution in [0.5, 0.6) is 0 Å². The maximum Gasteiger partial charge on any atom is 0.170 e. The van der Waals surface area contributed by atoms with Gasteiger partial charge < -0.3 is 0 Å². The van der Waals surface area contributed by atoms with E-state index in [9.17, 15) is 4.79 Å². The summed E-state index contributed by atoms with van der Waals surface area (Å²) in [6.45, 7) is 0. The van der Waals surface area contributed by atoms with Crippen LogP contribution in [0.25, 0.3) is 16.9 Å². The lowest BCUT2D eigenvalue weighted by atomic mass is 10.2. The summed E-state index contributed by atoms with van der Waals surface area (Å²) in [5, 5.41) is 0. The van der Waals surface area contributed by atoms with Crippen LogP contribution in [0.15, 0.2) is 53.1 Å². The van der Waals surface area contributed by atoms with Crippen molar-refractivity contribution in [3.63, 3.8) is 0 Å². The third kappa shape index (κ3) is 1.66. The second-order valence-electron chi connectivity index (χ2n) is 3.87. The van der Waals surface area contributed by atoms with Gasteiger partial charge in [-0.25, -0.2) is 4.98 Å². The maximum absolute atomic E-state index is 11.1. The molecule has 0 aliphatic heterocycles. The molecule has 0 amide bonds. The van der Waals surface area contributed by atoms with Crippen LogP contribution in [-0.4, -0.2) is 15.7 Å². The lowest BCUT2D eigenvalue weighted by Crippen LogP contribution is -1.90. The molecule has 0 aliphatic rings. The van der Waals surface area contributed by atoms with Crippen molar-refractivity contribution in [2.75, 3.05) is 0 Å². The van der Waals surface area contributed by atoms with Crippen molar-refractivity contribution < 1.29 is 4.79 Å². The van der Waals surface area contributed by atoms with Gasteiger partial charge in [0.2, 0.25) is 0 Å². The molecule has 0 saturated heterocycles.